The third kappa shape index (κ3) is 4.73. The summed E-state index contributed by atoms with van der Waals surface area (Å²) in [5.41, 5.74) is 0.959. The largest absolute Gasteiger partial charge is 0.420 e. The lowest BCUT2D eigenvalue weighted by atomic mass is 9.88. The number of nitrogens with zero attached hydrogens (tertiary/aromatic N) is 5. The van der Waals surface area contributed by atoms with Crippen LogP contribution in [0.2, 0.25) is 0 Å². The zero-order valence-corrected chi connectivity index (χ0v) is 24.1. The van der Waals surface area contributed by atoms with Crippen LogP contribution in [-0.4, -0.2) is 85.6 Å². The molecule has 5 aliphatic rings. The number of piperidine rings is 1. The van der Waals surface area contributed by atoms with Crippen molar-refractivity contribution in [1.29, 1.82) is 0 Å². The highest BCUT2D eigenvalue weighted by Gasteiger charge is 2.42. The van der Waals surface area contributed by atoms with Crippen molar-refractivity contribution in [2.45, 2.75) is 48.3 Å². The Labute approximate surface area is 249 Å². The van der Waals surface area contributed by atoms with Crippen LogP contribution < -0.4 is 10.2 Å². The van der Waals surface area contributed by atoms with Gasteiger partial charge in [-0.3, -0.25) is 9.69 Å². The van der Waals surface area contributed by atoms with E-state index >= 15 is 0 Å². The number of halogens is 3. The number of aromatic nitrogens is 2. The van der Waals surface area contributed by atoms with E-state index in [9.17, 15) is 26.4 Å². The Morgan fingerprint density at radius 2 is 1.93 bits per heavy atom. The van der Waals surface area contributed by atoms with Crippen LogP contribution in [0.15, 0.2) is 35.4 Å². The van der Waals surface area contributed by atoms with Gasteiger partial charge in [-0.2, -0.15) is 13.2 Å². The molecule has 1 aromatic carbocycles. The predicted octanol–water partition coefficient (Wildman–Crippen LogP) is 4.60. The first-order valence-electron chi connectivity index (χ1n) is 15.1. The second-order valence-electron chi connectivity index (χ2n) is 11.3. The number of carbonyl (C=O) groups is 1. The number of carbonyl (C=O) groups excluding carboxylic acids is 1. The molecule has 1 aliphatic carbocycles. The van der Waals surface area contributed by atoms with E-state index in [0.29, 0.717) is 46.1 Å². The van der Waals surface area contributed by atoms with Crippen molar-refractivity contribution in [3.63, 3.8) is 0 Å². The standard InChI is InChI=1S/C28H29F3N6O3S2/c1-35-7-8-42(39,40)23-11-22(41-25(23)26(35)38)24-20(28(29,30)31)12-32-27(34-24)33-21-6-5-16(10-19(21)15-3-4-15)37-13-17-9-18(14-37)36(17)2/h5-6,10-12,15,17-18H,3-4,7-9,13-14H2,1-2H3,(H,32,33,34)/i1D3. The van der Waals surface area contributed by atoms with E-state index in [2.05, 4.69) is 38.2 Å². The molecular weight excluding hydrogens is 589 g/mol. The zero-order chi connectivity index (χ0) is 32.1. The van der Waals surface area contributed by atoms with Crippen molar-refractivity contribution in [1.82, 2.24) is 19.8 Å². The van der Waals surface area contributed by atoms with Gasteiger partial charge in [-0.1, -0.05) is 0 Å². The van der Waals surface area contributed by atoms with Crippen molar-refractivity contribution < 1.29 is 30.5 Å². The number of rotatable bonds is 5. The number of alkyl halides is 3. The minimum atomic E-state index is -4.90. The SMILES string of the molecule is [2H]C([2H])([2H])N1CCS(=O)(=O)c2cc(-c3nc(Nc4ccc(N5CC6CC(C5)N6C)cc4C4CC4)ncc3C(F)(F)F)sc2C1=O. The molecule has 3 saturated heterocycles. The van der Waals surface area contributed by atoms with Crippen molar-refractivity contribution >= 4 is 44.4 Å². The lowest BCUT2D eigenvalue weighted by Gasteiger charge is -2.55. The molecule has 222 valence electrons. The first kappa shape index (κ1) is 24.2. The summed E-state index contributed by atoms with van der Waals surface area (Å²) in [4.78, 5) is 25.3. The maximum atomic E-state index is 14.2. The summed E-state index contributed by atoms with van der Waals surface area (Å²) in [5, 5.41) is 3.08. The fraction of sp³-hybridized carbons (Fsp3) is 0.464. The van der Waals surface area contributed by atoms with E-state index in [1.54, 1.807) is 0 Å². The summed E-state index contributed by atoms with van der Waals surface area (Å²) >= 11 is 0.470. The van der Waals surface area contributed by atoms with Crippen LogP contribution in [0.25, 0.3) is 10.6 Å². The minimum absolute atomic E-state index is 0.129. The fourth-order valence-electron chi connectivity index (χ4n) is 5.97. The number of fused-ring (bicyclic) bond motifs is 3. The van der Waals surface area contributed by atoms with Crippen molar-refractivity contribution in [2.75, 3.05) is 49.6 Å². The Hall–Kier alpha value is -3.23. The lowest BCUT2D eigenvalue weighted by Crippen LogP contribution is -2.67. The molecule has 2 atom stereocenters. The molecule has 3 aromatic rings. The molecule has 1 amide bonds. The normalized spacial score (nSPS) is 25.1. The molecule has 2 unspecified atom stereocenters. The Bertz CT molecular complexity index is 1800. The van der Waals surface area contributed by atoms with Gasteiger partial charge in [0.25, 0.3) is 5.91 Å². The van der Waals surface area contributed by atoms with E-state index in [0.717, 1.165) is 43.2 Å². The van der Waals surface area contributed by atoms with Gasteiger partial charge < -0.3 is 15.1 Å². The zero-order valence-electron chi connectivity index (χ0n) is 25.5. The number of nitrogens with one attached hydrogen (secondary N) is 1. The van der Waals surface area contributed by atoms with E-state index < -0.39 is 62.2 Å². The van der Waals surface area contributed by atoms with Gasteiger partial charge in [-0.15, -0.1) is 11.3 Å². The number of likely N-dealkylation sites (N-methyl/N-ethyl adjacent to an activating group) is 1. The van der Waals surface area contributed by atoms with Crippen molar-refractivity contribution in [3.05, 3.63) is 46.5 Å². The average molecular weight is 622 g/mol. The maximum absolute atomic E-state index is 14.2. The van der Waals surface area contributed by atoms with Gasteiger partial charge in [0, 0.05) is 60.4 Å². The maximum Gasteiger partial charge on any atom is 0.420 e. The van der Waals surface area contributed by atoms with Crippen LogP contribution in [0, 0.1) is 0 Å². The highest BCUT2D eigenvalue weighted by molar-refractivity contribution is 7.91. The summed E-state index contributed by atoms with van der Waals surface area (Å²) in [6.07, 6.45) is -1.10. The molecule has 8 rings (SSSR count). The van der Waals surface area contributed by atoms with Gasteiger partial charge in [-0.25, -0.2) is 18.4 Å². The van der Waals surface area contributed by atoms with Crippen LogP contribution in [0.3, 0.4) is 0 Å². The van der Waals surface area contributed by atoms with Crippen LogP contribution in [0.1, 0.15) is 50.1 Å². The smallest absolute Gasteiger partial charge is 0.368 e. The molecule has 0 spiro atoms. The number of piperazine rings is 1. The van der Waals surface area contributed by atoms with Gasteiger partial charge >= 0.3 is 6.18 Å². The Morgan fingerprint density at radius 3 is 2.60 bits per heavy atom. The lowest BCUT2D eigenvalue weighted by molar-refractivity contribution is -0.137. The Balaban J connectivity index is 1.25. The highest BCUT2D eigenvalue weighted by atomic mass is 32.2. The van der Waals surface area contributed by atoms with Crippen LogP contribution in [0.5, 0.6) is 0 Å². The van der Waals surface area contributed by atoms with Crippen molar-refractivity contribution in [3.8, 4) is 10.6 Å². The molecule has 0 radical (unpaired) electrons. The quantitative estimate of drug-likeness (QED) is 0.442. The fourth-order valence-corrected chi connectivity index (χ4v) is 8.87. The van der Waals surface area contributed by atoms with Gasteiger partial charge in [0.15, 0.2) is 9.84 Å². The Kier molecular flexibility index (Phi) is 5.56. The molecule has 14 heteroatoms. The van der Waals surface area contributed by atoms with Gasteiger partial charge in [0.1, 0.15) is 10.4 Å². The van der Waals surface area contributed by atoms with E-state index in [4.69, 9.17) is 4.11 Å². The third-order valence-electron chi connectivity index (χ3n) is 8.61. The Morgan fingerprint density at radius 1 is 1.17 bits per heavy atom. The second kappa shape index (κ2) is 9.64. The molecule has 1 saturated carbocycles. The number of hydrogen-bond donors (Lipinski definition) is 1. The first-order chi connectivity index (χ1) is 21.1. The number of anilines is 3. The van der Waals surface area contributed by atoms with Crippen molar-refractivity contribution in [2.24, 2.45) is 0 Å². The van der Waals surface area contributed by atoms with Gasteiger partial charge in [0.2, 0.25) is 5.95 Å². The molecule has 4 aliphatic heterocycles. The van der Waals surface area contributed by atoms with Crippen LogP contribution in [-0.2, 0) is 16.0 Å². The number of sulfone groups is 1. The van der Waals surface area contributed by atoms with Crippen LogP contribution in [0.4, 0.5) is 30.5 Å². The second-order valence-corrected chi connectivity index (χ2v) is 14.4. The van der Waals surface area contributed by atoms with Crippen LogP contribution >= 0.6 is 11.3 Å². The molecule has 9 nitrogen and oxygen atoms in total. The molecule has 4 fully saturated rings. The summed E-state index contributed by atoms with van der Waals surface area (Å²) in [6.45, 7) is -1.63. The van der Waals surface area contributed by atoms with E-state index in [1.807, 2.05) is 12.1 Å². The molecule has 42 heavy (non-hydrogen) atoms. The predicted molar refractivity (Wildman–Crippen MR) is 153 cm³/mol. The molecule has 1 N–H and O–H groups in total. The topological polar surface area (TPSA) is 98.7 Å². The highest BCUT2D eigenvalue weighted by Crippen LogP contribution is 2.47. The molecule has 2 aromatic heterocycles. The summed E-state index contributed by atoms with van der Waals surface area (Å²) in [7, 11) is -2.03. The average Bonchev–Trinajstić information content (AvgIpc) is 3.73. The molecule has 6 heterocycles. The number of hydrogen-bond acceptors (Lipinski definition) is 9. The van der Waals surface area contributed by atoms with E-state index in [1.165, 1.54) is 6.42 Å². The van der Waals surface area contributed by atoms with Gasteiger partial charge in [0.05, 0.1) is 21.2 Å². The summed E-state index contributed by atoms with van der Waals surface area (Å²) < 4.78 is 91.5. The summed E-state index contributed by atoms with van der Waals surface area (Å²) in [5.74, 6) is -1.60. The van der Waals surface area contributed by atoms with Gasteiger partial charge in [-0.05, 0) is 62.1 Å². The summed E-state index contributed by atoms with van der Waals surface area (Å²) in [6, 6.07) is 8.02. The number of thiophene rings is 1. The molecular formula is C28H29F3N6O3S2. The third-order valence-corrected chi connectivity index (χ3v) is 11.6. The molecule has 2 bridgehead atoms. The number of benzene rings is 1. The first-order valence-corrected chi connectivity index (χ1v) is 16.1. The van der Waals surface area contributed by atoms with E-state index in [-0.39, 0.29) is 10.8 Å². The number of amides is 1. The monoisotopic (exact) mass is 621 g/mol. The minimum Gasteiger partial charge on any atom is -0.368 e.